The normalized spacial score (nSPS) is 31.1. The monoisotopic (exact) mass is 483 g/mol. The zero-order chi connectivity index (χ0) is 24.4. The number of hydrogen-bond acceptors (Lipinski definition) is 7. The van der Waals surface area contributed by atoms with E-state index in [4.69, 9.17) is 9.72 Å². The van der Waals surface area contributed by atoms with Crippen molar-refractivity contribution in [1.29, 1.82) is 0 Å². The number of nitrogens with one attached hydrogen (secondary N) is 3. The van der Waals surface area contributed by atoms with Crippen LogP contribution in [0.2, 0.25) is 0 Å². The SMILES string of the molecule is COCC(=O)Nc1nc2c(s1)C[C@@H]1[C@](C)(CO)[C@H](O)CC[C@@]1(C)[C@@H]2CC(=O)NCC[NH+](C)C. The summed E-state index contributed by atoms with van der Waals surface area (Å²) >= 11 is 1.41. The number of aromatic nitrogens is 1. The summed E-state index contributed by atoms with van der Waals surface area (Å²) in [6, 6.07) is 0. The summed E-state index contributed by atoms with van der Waals surface area (Å²) in [6.07, 6.45) is 1.66. The molecule has 9 nitrogen and oxygen atoms in total. The van der Waals surface area contributed by atoms with Crippen molar-refractivity contribution in [3.8, 4) is 0 Å². The third kappa shape index (κ3) is 5.24. The van der Waals surface area contributed by atoms with Gasteiger partial charge < -0.3 is 25.2 Å². The van der Waals surface area contributed by atoms with Gasteiger partial charge in [0.25, 0.3) is 5.91 Å². The molecule has 33 heavy (non-hydrogen) atoms. The maximum Gasteiger partial charge on any atom is 0.252 e. The van der Waals surface area contributed by atoms with E-state index in [-0.39, 0.29) is 48.7 Å². The number of amides is 2. The predicted molar refractivity (Wildman–Crippen MR) is 126 cm³/mol. The Bertz CT molecular complexity index is 862. The highest BCUT2D eigenvalue weighted by Gasteiger charge is 2.59. The summed E-state index contributed by atoms with van der Waals surface area (Å²) in [5, 5.41) is 27.5. The number of aliphatic hydroxyl groups excluding tert-OH is 2. The topological polar surface area (TPSA) is 125 Å². The first-order chi connectivity index (χ1) is 15.5. The Hall–Kier alpha value is -1.59. The van der Waals surface area contributed by atoms with Gasteiger partial charge in [0.2, 0.25) is 5.91 Å². The Kier molecular flexibility index (Phi) is 8.16. The molecule has 5 N–H and O–H groups in total. The van der Waals surface area contributed by atoms with Crippen LogP contribution in [0.5, 0.6) is 0 Å². The van der Waals surface area contributed by atoms with Crippen LogP contribution in [0.3, 0.4) is 0 Å². The van der Waals surface area contributed by atoms with Crippen molar-refractivity contribution >= 4 is 28.3 Å². The molecular formula is C23H39N4O5S+. The number of anilines is 1. The average Bonchev–Trinajstić information content (AvgIpc) is 3.14. The number of methoxy groups -OCH3 is 1. The number of carbonyl (C=O) groups excluding carboxylic acids is 2. The van der Waals surface area contributed by atoms with E-state index in [2.05, 4.69) is 17.6 Å². The van der Waals surface area contributed by atoms with Gasteiger partial charge in [-0.25, -0.2) is 4.98 Å². The molecule has 2 aliphatic rings. The zero-order valence-corrected chi connectivity index (χ0v) is 21.2. The third-order valence-corrected chi connectivity index (χ3v) is 8.76. The van der Waals surface area contributed by atoms with Crippen LogP contribution < -0.4 is 15.5 Å². The maximum absolute atomic E-state index is 13.0. The highest BCUT2D eigenvalue weighted by Crippen LogP contribution is 2.62. The second-order valence-corrected chi connectivity index (χ2v) is 11.4. The summed E-state index contributed by atoms with van der Waals surface area (Å²) in [5.41, 5.74) is -0.121. The van der Waals surface area contributed by atoms with Crippen molar-refractivity contribution in [2.24, 2.45) is 16.7 Å². The summed E-state index contributed by atoms with van der Waals surface area (Å²) in [7, 11) is 5.55. The number of likely N-dealkylation sites (N-methyl/N-ethyl adjacent to an activating group) is 1. The van der Waals surface area contributed by atoms with Crippen LogP contribution in [0, 0.1) is 16.7 Å². The molecule has 2 amide bonds. The minimum Gasteiger partial charge on any atom is -0.396 e. The van der Waals surface area contributed by atoms with Crippen LogP contribution in [0.25, 0.3) is 0 Å². The fourth-order valence-electron chi connectivity index (χ4n) is 5.70. The molecule has 1 fully saturated rings. The second-order valence-electron chi connectivity index (χ2n) is 10.4. The number of rotatable bonds is 9. The lowest BCUT2D eigenvalue weighted by molar-refractivity contribution is -0.856. The molecule has 0 aromatic carbocycles. The van der Waals surface area contributed by atoms with E-state index in [1.54, 1.807) is 0 Å². The number of carbonyl (C=O) groups is 2. The second kappa shape index (κ2) is 10.4. The molecule has 0 bridgehead atoms. The highest BCUT2D eigenvalue weighted by atomic mass is 32.1. The first kappa shape index (κ1) is 26.0. The van der Waals surface area contributed by atoms with Crippen molar-refractivity contribution in [2.45, 2.75) is 51.6 Å². The highest BCUT2D eigenvalue weighted by molar-refractivity contribution is 7.15. The lowest BCUT2D eigenvalue weighted by Crippen LogP contribution is -3.06. The van der Waals surface area contributed by atoms with Gasteiger partial charge in [-0.2, -0.15) is 0 Å². The number of ether oxygens (including phenoxy) is 1. The van der Waals surface area contributed by atoms with E-state index in [1.807, 2.05) is 21.0 Å². The molecular weight excluding hydrogens is 444 g/mol. The van der Waals surface area contributed by atoms with Crippen molar-refractivity contribution in [3.05, 3.63) is 10.6 Å². The molecule has 0 saturated heterocycles. The van der Waals surface area contributed by atoms with Gasteiger partial charge in [0.05, 0.1) is 45.6 Å². The molecule has 2 aliphatic carbocycles. The van der Waals surface area contributed by atoms with Gasteiger partial charge >= 0.3 is 0 Å². The van der Waals surface area contributed by atoms with Crippen LogP contribution in [0.4, 0.5) is 5.13 Å². The van der Waals surface area contributed by atoms with E-state index >= 15 is 0 Å². The molecule has 1 aromatic rings. The van der Waals surface area contributed by atoms with E-state index < -0.39 is 11.5 Å². The summed E-state index contributed by atoms with van der Waals surface area (Å²) in [5.74, 6) is -0.480. The number of fused-ring (bicyclic) bond motifs is 2. The lowest BCUT2D eigenvalue weighted by Gasteiger charge is -2.58. The average molecular weight is 484 g/mol. The fraction of sp³-hybridized carbons (Fsp3) is 0.783. The molecule has 186 valence electrons. The summed E-state index contributed by atoms with van der Waals surface area (Å²) < 4.78 is 4.91. The Labute approximate surface area is 199 Å². The van der Waals surface area contributed by atoms with Gasteiger partial charge in [0.15, 0.2) is 5.13 Å². The lowest BCUT2D eigenvalue weighted by atomic mass is 9.47. The predicted octanol–water partition coefficient (Wildman–Crippen LogP) is -0.206. The Balaban J connectivity index is 1.94. The van der Waals surface area contributed by atoms with Crippen molar-refractivity contribution < 1.29 is 29.4 Å². The van der Waals surface area contributed by atoms with Gasteiger partial charge in [-0.05, 0) is 30.6 Å². The standard InChI is InChI=1S/C23H38N4O5S/c1-22-7-6-17(29)23(2,13-28)16(22)11-15-20(26-21(33-15)25-19(31)12-32-5)14(22)10-18(30)24-8-9-27(3)4/h14,16-17,28-29H,6-13H2,1-5H3,(H,24,30)(H,25,26,31)/p+1/t14-,16+,17-,22+,23+/m1/s1. The smallest absolute Gasteiger partial charge is 0.252 e. The molecule has 0 spiro atoms. The minimum absolute atomic E-state index is 0.0155. The Morgan fingerprint density at radius 3 is 2.67 bits per heavy atom. The number of aliphatic hydroxyl groups is 2. The number of nitrogens with zero attached hydrogens (tertiary/aromatic N) is 1. The molecule has 3 rings (SSSR count). The molecule has 0 aliphatic heterocycles. The largest absolute Gasteiger partial charge is 0.396 e. The maximum atomic E-state index is 13.0. The van der Waals surface area contributed by atoms with E-state index in [1.165, 1.54) is 23.3 Å². The number of thiazole rings is 1. The van der Waals surface area contributed by atoms with Crippen LogP contribution in [0.15, 0.2) is 0 Å². The first-order valence-electron chi connectivity index (χ1n) is 11.7. The molecule has 1 heterocycles. The van der Waals surface area contributed by atoms with Crippen LogP contribution in [0.1, 0.15) is 49.6 Å². The van der Waals surface area contributed by atoms with Crippen molar-refractivity contribution in [3.63, 3.8) is 0 Å². The van der Waals surface area contributed by atoms with E-state index in [0.29, 0.717) is 24.5 Å². The molecule has 0 unspecified atom stereocenters. The molecule has 10 heteroatoms. The fourth-order valence-corrected chi connectivity index (χ4v) is 6.78. The molecule has 1 saturated carbocycles. The van der Waals surface area contributed by atoms with Gasteiger partial charge in [-0.15, -0.1) is 11.3 Å². The van der Waals surface area contributed by atoms with E-state index in [0.717, 1.165) is 23.5 Å². The van der Waals surface area contributed by atoms with E-state index in [9.17, 15) is 19.8 Å². The Morgan fingerprint density at radius 2 is 2.03 bits per heavy atom. The van der Waals surface area contributed by atoms with Crippen LogP contribution in [-0.2, 0) is 20.7 Å². The summed E-state index contributed by atoms with van der Waals surface area (Å²) in [4.78, 5) is 32.1. The van der Waals surface area contributed by atoms with Gasteiger partial charge in [-0.1, -0.05) is 13.8 Å². The Morgan fingerprint density at radius 1 is 1.30 bits per heavy atom. The van der Waals surface area contributed by atoms with Crippen LogP contribution >= 0.6 is 11.3 Å². The van der Waals surface area contributed by atoms with Gasteiger partial charge in [0.1, 0.15) is 6.61 Å². The minimum atomic E-state index is -0.669. The zero-order valence-electron chi connectivity index (χ0n) is 20.4. The molecule has 5 atom stereocenters. The molecule has 1 aromatic heterocycles. The quantitative estimate of drug-likeness (QED) is 0.331. The summed E-state index contributed by atoms with van der Waals surface area (Å²) in [6.45, 7) is 5.38. The van der Waals surface area contributed by atoms with Crippen molar-refractivity contribution in [1.82, 2.24) is 10.3 Å². The van der Waals surface area contributed by atoms with Gasteiger partial charge in [0, 0.05) is 29.7 Å². The first-order valence-corrected chi connectivity index (χ1v) is 12.5. The molecule has 0 radical (unpaired) electrons. The third-order valence-electron chi connectivity index (χ3n) is 7.75. The number of hydrogen-bond donors (Lipinski definition) is 5. The number of quaternary nitrogens is 1. The van der Waals surface area contributed by atoms with Gasteiger partial charge in [-0.3, -0.25) is 14.9 Å². The van der Waals surface area contributed by atoms with Crippen molar-refractivity contribution in [2.75, 3.05) is 52.8 Å². The van der Waals surface area contributed by atoms with Crippen LogP contribution in [-0.4, -0.2) is 80.6 Å².